The molecule has 1 aliphatic heterocycles. The van der Waals surface area contributed by atoms with Crippen molar-refractivity contribution in [1.82, 2.24) is 0 Å². The summed E-state index contributed by atoms with van der Waals surface area (Å²) in [4.78, 5) is 4.42. The van der Waals surface area contributed by atoms with Crippen molar-refractivity contribution >= 4 is 11.9 Å². The topological polar surface area (TPSA) is 21.6 Å². The Morgan fingerprint density at radius 2 is 2.33 bits per heavy atom. The van der Waals surface area contributed by atoms with E-state index < -0.39 is 0 Å². The lowest BCUT2D eigenvalue weighted by Gasteiger charge is -2.20. The van der Waals surface area contributed by atoms with E-state index in [-0.39, 0.29) is 5.41 Å². The smallest absolute Gasteiger partial charge is 0.119 e. The second-order valence-electron chi connectivity index (χ2n) is 4.05. The molecule has 1 aromatic rings. The second kappa shape index (κ2) is 3.54. The third-order valence-electron chi connectivity index (χ3n) is 2.88. The molecule has 0 saturated carbocycles. The van der Waals surface area contributed by atoms with Gasteiger partial charge in [-0.25, -0.2) is 0 Å². The number of methoxy groups -OCH3 is 1. The molecule has 1 aliphatic rings. The number of allylic oxidation sites excluding steroid dienone is 1. The Labute approximate surface area is 90.3 Å². The van der Waals surface area contributed by atoms with Gasteiger partial charge in [-0.3, -0.25) is 4.99 Å². The third-order valence-corrected chi connectivity index (χ3v) is 2.88. The molecule has 0 aliphatic carbocycles. The maximum absolute atomic E-state index is 5.23. The Hall–Kier alpha value is -1.57. The lowest BCUT2D eigenvalue weighted by Crippen LogP contribution is -2.19. The highest BCUT2D eigenvalue weighted by molar-refractivity contribution is 5.85. The van der Waals surface area contributed by atoms with Crippen molar-refractivity contribution in [1.29, 1.82) is 0 Å². The van der Waals surface area contributed by atoms with Crippen LogP contribution < -0.4 is 4.74 Å². The first kappa shape index (κ1) is 9.97. The monoisotopic (exact) mass is 201 g/mol. The molecule has 78 valence electrons. The van der Waals surface area contributed by atoms with Crippen LogP contribution in [0.5, 0.6) is 5.75 Å². The molecule has 1 atom stereocenters. The summed E-state index contributed by atoms with van der Waals surface area (Å²) in [6, 6.07) is 6.00. The van der Waals surface area contributed by atoms with E-state index in [2.05, 4.69) is 24.6 Å². The van der Waals surface area contributed by atoms with Crippen molar-refractivity contribution in [2.75, 3.05) is 7.11 Å². The van der Waals surface area contributed by atoms with E-state index in [0.29, 0.717) is 0 Å². The Balaban J connectivity index is 2.47. The number of nitrogens with zero attached hydrogens (tertiary/aromatic N) is 1. The summed E-state index contributed by atoms with van der Waals surface area (Å²) in [6.45, 7) is 5.96. The number of hydrogen-bond donors (Lipinski definition) is 0. The quantitative estimate of drug-likeness (QED) is 0.688. The first-order chi connectivity index (χ1) is 7.19. The first-order valence-electron chi connectivity index (χ1n) is 5.04. The molecule has 0 aromatic heterocycles. The summed E-state index contributed by atoms with van der Waals surface area (Å²) in [6.07, 6.45) is 4.83. The average molecular weight is 201 g/mol. The fourth-order valence-electron chi connectivity index (χ4n) is 1.96. The molecule has 2 heteroatoms. The Morgan fingerprint density at radius 3 is 3.00 bits per heavy atom. The molecule has 2 rings (SSSR count). The highest BCUT2D eigenvalue weighted by Crippen LogP contribution is 2.40. The lowest BCUT2D eigenvalue weighted by atomic mass is 9.81. The number of benzene rings is 1. The molecule has 0 N–H and O–H groups in total. The van der Waals surface area contributed by atoms with Crippen LogP contribution in [0.4, 0.5) is 5.69 Å². The van der Waals surface area contributed by atoms with Gasteiger partial charge in [0.05, 0.1) is 12.8 Å². The van der Waals surface area contributed by atoms with Crippen LogP contribution in [-0.4, -0.2) is 13.3 Å². The highest BCUT2D eigenvalue weighted by Gasteiger charge is 2.30. The van der Waals surface area contributed by atoms with Crippen molar-refractivity contribution < 1.29 is 4.74 Å². The van der Waals surface area contributed by atoms with E-state index in [4.69, 9.17) is 4.74 Å². The molecule has 0 unspecified atom stereocenters. The Kier molecular flexibility index (Phi) is 2.35. The lowest BCUT2D eigenvalue weighted by molar-refractivity contribution is 0.413. The minimum atomic E-state index is -0.0222. The van der Waals surface area contributed by atoms with E-state index in [9.17, 15) is 0 Å². The van der Waals surface area contributed by atoms with E-state index >= 15 is 0 Å². The zero-order valence-corrected chi connectivity index (χ0v) is 9.16. The van der Waals surface area contributed by atoms with Crippen LogP contribution in [-0.2, 0) is 5.41 Å². The maximum atomic E-state index is 5.23. The Bertz CT molecular complexity index is 423. The van der Waals surface area contributed by atoms with Crippen molar-refractivity contribution in [2.24, 2.45) is 4.99 Å². The highest BCUT2D eigenvalue weighted by atomic mass is 16.5. The van der Waals surface area contributed by atoms with Crippen LogP contribution in [0.2, 0.25) is 0 Å². The number of aliphatic imine (C=N–C) groups is 1. The largest absolute Gasteiger partial charge is 0.497 e. The fourth-order valence-corrected chi connectivity index (χ4v) is 1.96. The van der Waals surface area contributed by atoms with Gasteiger partial charge in [0.15, 0.2) is 0 Å². The summed E-state index contributed by atoms with van der Waals surface area (Å²) in [5.41, 5.74) is 2.24. The van der Waals surface area contributed by atoms with E-state index in [1.54, 1.807) is 7.11 Å². The Morgan fingerprint density at radius 1 is 1.53 bits per heavy atom. The number of rotatable bonds is 3. The SMILES string of the molecule is C=CC[C@]1(C)C=Nc2ccc(OC)cc21. The summed E-state index contributed by atoms with van der Waals surface area (Å²) in [5.74, 6) is 0.884. The van der Waals surface area contributed by atoms with Crippen LogP contribution in [0.15, 0.2) is 35.8 Å². The molecule has 0 saturated heterocycles. The second-order valence-corrected chi connectivity index (χ2v) is 4.05. The van der Waals surface area contributed by atoms with Gasteiger partial charge in [-0.15, -0.1) is 6.58 Å². The van der Waals surface area contributed by atoms with Gasteiger partial charge < -0.3 is 4.74 Å². The molecule has 0 amide bonds. The normalized spacial score (nSPS) is 22.5. The van der Waals surface area contributed by atoms with Crippen LogP contribution in [0.25, 0.3) is 0 Å². The van der Waals surface area contributed by atoms with Gasteiger partial charge in [0, 0.05) is 11.6 Å². The van der Waals surface area contributed by atoms with Gasteiger partial charge in [0.2, 0.25) is 0 Å². The molecule has 1 aromatic carbocycles. The molecule has 0 fully saturated rings. The van der Waals surface area contributed by atoms with Gasteiger partial charge in [-0.05, 0) is 30.2 Å². The van der Waals surface area contributed by atoms with Gasteiger partial charge in [-0.1, -0.05) is 13.0 Å². The van der Waals surface area contributed by atoms with Gasteiger partial charge in [0.25, 0.3) is 0 Å². The molecule has 15 heavy (non-hydrogen) atoms. The zero-order valence-electron chi connectivity index (χ0n) is 9.16. The van der Waals surface area contributed by atoms with E-state index in [1.165, 1.54) is 5.56 Å². The van der Waals surface area contributed by atoms with Crippen molar-refractivity contribution in [3.63, 3.8) is 0 Å². The first-order valence-corrected chi connectivity index (χ1v) is 5.04. The third kappa shape index (κ3) is 1.56. The minimum Gasteiger partial charge on any atom is -0.497 e. The number of ether oxygens (including phenoxy) is 1. The maximum Gasteiger partial charge on any atom is 0.119 e. The van der Waals surface area contributed by atoms with Crippen LogP contribution >= 0.6 is 0 Å². The van der Waals surface area contributed by atoms with Crippen molar-refractivity contribution in [3.8, 4) is 5.75 Å². The van der Waals surface area contributed by atoms with Crippen LogP contribution in [0.1, 0.15) is 18.9 Å². The zero-order chi connectivity index (χ0) is 10.9. The molecule has 2 nitrogen and oxygen atoms in total. The van der Waals surface area contributed by atoms with Gasteiger partial charge in [0.1, 0.15) is 5.75 Å². The average Bonchev–Trinajstić information content (AvgIpc) is 2.57. The predicted molar refractivity (Wildman–Crippen MR) is 63.3 cm³/mol. The van der Waals surface area contributed by atoms with E-state index in [1.807, 2.05) is 24.4 Å². The predicted octanol–water partition coefficient (Wildman–Crippen LogP) is 3.24. The summed E-state index contributed by atoms with van der Waals surface area (Å²) in [7, 11) is 1.68. The summed E-state index contributed by atoms with van der Waals surface area (Å²) in [5, 5.41) is 0. The molecule has 1 heterocycles. The summed E-state index contributed by atoms with van der Waals surface area (Å²) < 4.78 is 5.23. The summed E-state index contributed by atoms with van der Waals surface area (Å²) >= 11 is 0. The molecular weight excluding hydrogens is 186 g/mol. The molecule has 0 radical (unpaired) electrons. The molecule has 0 spiro atoms. The van der Waals surface area contributed by atoms with Crippen LogP contribution in [0, 0.1) is 0 Å². The molecular formula is C13H15NO. The molecule has 0 bridgehead atoms. The van der Waals surface area contributed by atoms with Crippen molar-refractivity contribution in [2.45, 2.75) is 18.8 Å². The standard InChI is InChI=1S/C13H15NO/c1-4-7-13(2)9-14-12-6-5-10(15-3)8-11(12)13/h4-6,8-9H,1,7H2,2-3H3/t13-/m1/s1. The van der Waals surface area contributed by atoms with Gasteiger partial charge >= 0.3 is 0 Å². The van der Waals surface area contributed by atoms with E-state index in [0.717, 1.165) is 17.9 Å². The van der Waals surface area contributed by atoms with Crippen LogP contribution in [0.3, 0.4) is 0 Å². The minimum absolute atomic E-state index is 0.0222. The number of hydrogen-bond acceptors (Lipinski definition) is 2. The van der Waals surface area contributed by atoms with Gasteiger partial charge in [-0.2, -0.15) is 0 Å². The number of fused-ring (bicyclic) bond motifs is 1. The fraction of sp³-hybridized carbons (Fsp3) is 0.308. The van der Waals surface area contributed by atoms with Crippen molar-refractivity contribution in [3.05, 3.63) is 36.4 Å².